The molecule has 0 spiro atoms. The number of carbonyl (C=O) groups excluding carboxylic acids is 4. The maximum Gasteiger partial charge on any atom is 0.255 e. The number of amides is 4. The Balaban J connectivity index is 1.32. The van der Waals surface area contributed by atoms with E-state index < -0.39 is 39.6 Å². The van der Waals surface area contributed by atoms with Crippen LogP contribution in [0.15, 0.2) is 41.3 Å². The molecular weight excluding hydrogens is 517 g/mol. The molecule has 0 radical (unpaired) electrons. The number of fused-ring (bicyclic) bond motifs is 1. The Morgan fingerprint density at radius 3 is 2.37 bits per heavy atom. The summed E-state index contributed by atoms with van der Waals surface area (Å²) in [5.74, 6) is -2.34. The molecule has 0 aromatic heterocycles. The smallest absolute Gasteiger partial charge is 0.255 e. The van der Waals surface area contributed by atoms with Gasteiger partial charge in [-0.2, -0.15) is 4.31 Å². The van der Waals surface area contributed by atoms with Crippen LogP contribution in [-0.4, -0.2) is 80.5 Å². The van der Waals surface area contributed by atoms with Crippen molar-refractivity contribution in [3.63, 3.8) is 0 Å². The van der Waals surface area contributed by atoms with Crippen molar-refractivity contribution in [1.29, 1.82) is 0 Å². The molecule has 3 aliphatic heterocycles. The lowest BCUT2D eigenvalue weighted by molar-refractivity contribution is -0.136. The fourth-order valence-corrected chi connectivity index (χ4v) is 6.55. The Kier molecular flexibility index (Phi) is 6.65. The van der Waals surface area contributed by atoms with Crippen LogP contribution in [0.1, 0.15) is 39.1 Å². The summed E-state index contributed by atoms with van der Waals surface area (Å²) in [6.45, 7) is 0.883. The van der Waals surface area contributed by atoms with E-state index in [-0.39, 0.29) is 61.9 Å². The molecule has 2 fully saturated rings. The van der Waals surface area contributed by atoms with E-state index in [0.29, 0.717) is 16.8 Å². The minimum Gasteiger partial charge on any atom is -0.369 e. The molecule has 38 heavy (non-hydrogen) atoms. The summed E-state index contributed by atoms with van der Waals surface area (Å²) >= 11 is 0. The third-order valence-electron chi connectivity index (χ3n) is 7.16. The molecule has 13 heteroatoms. The van der Waals surface area contributed by atoms with Crippen LogP contribution >= 0.6 is 0 Å². The Bertz CT molecular complexity index is 1440. The van der Waals surface area contributed by atoms with Crippen molar-refractivity contribution in [2.45, 2.75) is 30.3 Å². The van der Waals surface area contributed by atoms with Gasteiger partial charge in [-0.25, -0.2) is 12.8 Å². The van der Waals surface area contributed by atoms with Gasteiger partial charge in [0, 0.05) is 68.6 Å². The third kappa shape index (κ3) is 4.52. The van der Waals surface area contributed by atoms with Crippen molar-refractivity contribution >= 4 is 39.3 Å². The number of piperidine rings is 1. The molecule has 0 aliphatic carbocycles. The quantitative estimate of drug-likeness (QED) is 0.523. The first-order valence-corrected chi connectivity index (χ1v) is 13.6. The zero-order valence-corrected chi connectivity index (χ0v) is 21.4. The van der Waals surface area contributed by atoms with Gasteiger partial charge in [-0.1, -0.05) is 0 Å². The van der Waals surface area contributed by atoms with Gasteiger partial charge in [0.2, 0.25) is 21.8 Å². The molecular formula is C25H26FN5O6S. The summed E-state index contributed by atoms with van der Waals surface area (Å²) in [6.07, 6.45) is 0.311. The molecule has 2 saturated heterocycles. The second kappa shape index (κ2) is 9.80. The molecule has 1 atom stereocenters. The van der Waals surface area contributed by atoms with Gasteiger partial charge in [-0.05, 0) is 42.8 Å². The number of hydrogen-bond donors (Lipinski definition) is 2. The number of anilines is 1. The highest BCUT2D eigenvalue weighted by atomic mass is 32.2. The van der Waals surface area contributed by atoms with Crippen LogP contribution in [0.25, 0.3) is 0 Å². The fraction of sp³-hybridized carbons (Fsp3) is 0.360. The molecule has 3 heterocycles. The van der Waals surface area contributed by atoms with E-state index in [0.717, 1.165) is 6.07 Å². The lowest BCUT2D eigenvalue weighted by Crippen LogP contribution is -2.52. The Labute approximate surface area is 218 Å². The zero-order valence-electron chi connectivity index (χ0n) is 20.6. The number of nitrogens with one attached hydrogen (secondary N) is 2. The monoisotopic (exact) mass is 543 g/mol. The molecule has 1 unspecified atom stereocenters. The van der Waals surface area contributed by atoms with Gasteiger partial charge in [-0.3, -0.25) is 24.5 Å². The van der Waals surface area contributed by atoms with Gasteiger partial charge < -0.3 is 15.1 Å². The van der Waals surface area contributed by atoms with E-state index in [1.807, 2.05) is 4.90 Å². The molecule has 0 saturated carbocycles. The normalized spacial score (nSPS) is 20.4. The van der Waals surface area contributed by atoms with Crippen molar-refractivity contribution in [2.75, 3.05) is 38.1 Å². The predicted molar refractivity (Wildman–Crippen MR) is 133 cm³/mol. The summed E-state index contributed by atoms with van der Waals surface area (Å²) in [5.41, 5.74) is 1.56. The molecule has 2 N–H and O–H groups in total. The van der Waals surface area contributed by atoms with Crippen LogP contribution in [0, 0.1) is 5.82 Å². The largest absolute Gasteiger partial charge is 0.369 e. The highest BCUT2D eigenvalue weighted by Crippen LogP contribution is 2.36. The van der Waals surface area contributed by atoms with Crippen LogP contribution in [0.4, 0.5) is 10.1 Å². The van der Waals surface area contributed by atoms with Gasteiger partial charge >= 0.3 is 0 Å². The first kappa shape index (κ1) is 25.8. The van der Waals surface area contributed by atoms with Crippen LogP contribution in [0.5, 0.6) is 0 Å². The number of carbonyl (C=O) groups is 4. The first-order chi connectivity index (χ1) is 18.1. The van der Waals surface area contributed by atoms with E-state index in [1.54, 1.807) is 0 Å². The molecule has 5 rings (SSSR count). The maximum absolute atomic E-state index is 14.6. The molecule has 0 bridgehead atoms. The SMILES string of the molecule is CNC(=O)c1ccc(S(=O)(=O)N2CCN(c3cc(F)cc4c3CN(C3CCC(=O)NC3=O)C4=O)CC2)cc1. The lowest BCUT2D eigenvalue weighted by Gasteiger charge is -2.36. The fourth-order valence-electron chi connectivity index (χ4n) is 5.13. The Morgan fingerprint density at radius 1 is 1.05 bits per heavy atom. The number of imide groups is 1. The third-order valence-corrected chi connectivity index (χ3v) is 9.07. The topological polar surface area (TPSA) is 136 Å². The van der Waals surface area contributed by atoms with Gasteiger partial charge in [0.25, 0.3) is 11.8 Å². The average molecular weight is 544 g/mol. The molecule has 11 nitrogen and oxygen atoms in total. The minimum absolute atomic E-state index is 0.0655. The summed E-state index contributed by atoms with van der Waals surface area (Å²) < 4.78 is 42.3. The average Bonchev–Trinajstić information content (AvgIpc) is 3.23. The predicted octanol–water partition coefficient (Wildman–Crippen LogP) is 0.457. The second-order valence-corrected chi connectivity index (χ2v) is 11.3. The number of sulfonamides is 1. The van der Waals surface area contributed by atoms with Crippen molar-refractivity contribution in [3.8, 4) is 0 Å². The zero-order chi connectivity index (χ0) is 27.2. The van der Waals surface area contributed by atoms with Crippen molar-refractivity contribution in [3.05, 3.63) is 58.9 Å². The number of halogens is 1. The van der Waals surface area contributed by atoms with Crippen molar-refractivity contribution < 1.29 is 32.0 Å². The molecule has 3 aliphatic rings. The molecule has 2 aromatic rings. The van der Waals surface area contributed by atoms with Crippen LogP contribution in [-0.2, 0) is 26.2 Å². The number of piperazine rings is 1. The van der Waals surface area contributed by atoms with Gasteiger partial charge in [0.05, 0.1) is 4.90 Å². The second-order valence-electron chi connectivity index (χ2n) is 9.35. The number of benzene rings is 2. The van der Waals surface area contributed by atoms with Crippen molar-refractivity contribution in [1.82, 2.24) is 19.8 Å². The van der Waals surface area contributed by atoms with Gasteiger partial charge in [0.1, 0.15) is 11.9 Å². The van der Waals surface area contributed by atoms with E-state index in [4.69, 9.17) is 0 Å². The number of rotatable bonds is 5. The number of hydrogen-bond acceptors (Lipinski definition) is 7. The Morgan fingerprint density at radius 2 is 1.74 bits per heavy atom. The highest BCUT2D eigenvalue weighted by molar-refractivity contribution is 7.89. The molecule has 2 aromatic carbocycles. The maximum atomic E-state index is 14.6. The standard InChI is InChI=1S/C25H26FN5O6S/c1-27-23(33)15-2-4-17(5-3-15)38(36,37)30-10-8-29(9-11-30)21-13-16(26)12-18-19(21)14-31(25(18)35)20-6-7-22(32)28-24(20)34/h2-5,12-13,20H,6-11,14H2,1H3,(H,27,33)(H,28,32,34). The van der Waals surface area contributed by atoms with E-state index in [2.05, 4.69) is 10.6 Å². The van der Waals surface area contributed by atoms with Crippen LogP contribution in [0.2, 0.25) is 0 Å². The summed E-state index contributed by atoms with van der Waals surface area (Å²) in [5, 5.41) is 4.73. The molecule has 4 amide bonds. The van der Waals surface area contributed by atoms with Crippen LogP contribution in [0.3, 0.4) is 0 Å². The Hall–Kier alpha value is -3.84. The van der Waals surface area contributed by atoms with Crippen molar-refractivity contribution in [2.24, 2.45) is 0 Å². The minimum atomic E-state index is -3.81. The van der Waals surface area contributed by atoms with E-state index >= 15 is 0 Å². The van der Waals surface area contributed by atoms with E-state index in [1.165, 1.54) is 46.6 Å². The summed E-state index contributed by atoms with van der Waals surface area (Å²) in [7, 11) is -2.32. The highest BCUT2D eigenvalue weighted by Gasteiger charge is 2.41. The van der Waals surface area contributed by atoms with Crippen LogP contribution < -0.4 is 15.5 Å². The summed E-state index contributed by atoms with van der Waals surface area (Å²) in [4.78, 5) is 52.0. The molecule has 200 valence electrons. The van der Waals surface area contributed by atoms with Gasteiger partial charge in [-0.15, -0.1) is 0 Å². The van der Waals surface area contributed by atoms with E-state index in [9.17, 15) is 32.0 Å². The lowest BCUT2D eigenvalue weighted by atomic mass is 10.0. The number of nitrogens with zero attached hydrogens (tertiary/aromatic N) is 3. The first-order valence-electron chi connectivity index (χ1n) is 12.1. The summed E-state index contributed by atoms with van der Waals surface area (Å²) in [6, 6.07) is 7.33. The van der Waals surface area contributed by atoms with Gasteiger partial charge in [0.15, 0.2) is 0 Å².